The minimum atomic E-state index is -0.880. The number of esters is 1. The molecule has 0 radical (unpaired) electrons. The largest absolute Gasteiger partial charge is 0.488 e. The van der Waals surface area contributed by atoms with Crippen LogP contribution < -0.4 is 15.0 Å². The minimum absolute atomic E-state index is 0.202. The van der Waals surface area contributed by atoms with Gasteiger partial charge < -0.3 is 9.47 Å². The van der Waals surface area contributed by atoms with Crippen molar-refractivity contribution in [2.24, 2.45) is 0 Å². The molecule has 3 aromatic carbocycles. The van der Waals surface area contributed by atoms with Gasteiger partial charge in [0.25, 0.3) is 11.8 Å². The lowest BCUT2D eigenvalue weighted by Crippen LogP contribution is -2.54. The van der Waals surface area contributed by atoms with Crippen molar-refractivity contribution >= 4 is 35.6 Å². The smallest absolute Gasteiger partial charge is 0.338 e. The molecule has 4 amide bonds. The van der Waals surface area contributed by atoms with Crippen molar-refractivity contribution in [3.63, 3.8) is 0 Å². The number of hydrogen-bond acceptors (Lipinski definition) is 6. The summed E-state index contributed by atoms with van der Waals surface area (Å²) in [5, 5.41) is 2.20. The molecule has 1 aliphatic rings. The van der Waals surface area contributed by atoms with Crippen LogP contribution in [0.5, 0.6) is 5.75 Å². The molecule has 8 heteroatoms. The molecule has 8 nitrogen and oxygen atoms in total. The number of nitrogens with zero attached hydrogens (tertiary/aromatic N) is 1. The van der Waals surface area contributed by atoms with Gasteiger partial charge in [0.1, 0.15) is 17.9 Å². The van der Waals surface area contributed by atoms with Crippen LogP contribution in [0.3, 0.4) is 0 Å². The van der Waals surface area contributed by atoms with Gasteiger partial charge in [-0.25, -0.2) is 14.5 Å². The number of nitrogens with one attached hydrogen (secondary N) is 1. The third kappa shape index (κ3) is 5.33. The van der Waals surface area contributed by atoms with E-state index in [1.165, 1.54) is 30.3 Å². The van der Waals surface area contributed by atoms with E-state index in [2.05, 4.69) is 5.32 Å². The van der Waals surface area contributed by atoms with Crippen LogP contribution in [0.1, 0.15) is 34.0 Å². The zero-order valence-electron chi connectivity index (χ0n) is 19.8. The van der Waals surface area contributed by atoms with Gasteiger partial charge in [-0.2, -0.15) is 0 Å². The number of benzene rings is 3. The number of hydrogen-bond donors (Lipinski definition) is 1. The molecular formula is C28H24N2O6. The molecule has 0 aromatic heterocycles. The van der Waals surface area contributed by atoms with E-state index < -0.39 is 23.8 Å². The molecule has 1 N–H and O–H groups in total. The third-order valence-electron chi connectivity index (χ3n) is 5.43. The number of amides is 4. The standard InChI is InChI=1S/C28H24N2O6/c1-3-35-27(33)20-11-13-22(14-12-20)30-26(32)23(25(31)29-28(30)34)16-21-9-4-5-10-24(21)36-17-19-8-6-7-18(2)15-19/h4-16H,3,17H2,1-2H3,(H,29,31,34)/b23-16+. The van der Waals surface area contributed by atoms with Crippen LogP contribution in [-0.4, -0.2) is 30.4 Å². The van der Waals surface area contributed by atoms with Gasteiger partial charge in [0.15, 0.2) is 0 Å². The maximum absolute atomic E-state index is 13.2. The molecule has 0 aliphatic carbocycles. The number of rotatable bonds is 7. The quantitative estimate of drug-likeness (QED) is 0.303. The molecule has 36 heavy (non-hydrogen) atoms. The highest BCUT2D eigenvalue weighted by Crippen LogP contribution is 2.26. The molecule has 1 heterocycles. The zero-order valence-corrected chi connectivity index (χ0v) is 19.8. The fourth-order valence-corrected chi connectivity index (χ4v) is 3.70. The van der Waals surface area contributed by atoms with Crippen molar-refractivity contribution in [3.05, 3.63) is 101 Å². The van der Waals surface area contributed by atoms with E-state index in [1.807, 2.05) is 31.2 Å². The van der Waals surface area contributed by atoms with Gasteiger partial charge in [0.05, 0.1) is 17.9 Å². The highest BCUT2D eigenvalue weighted by Gasteiger charge is 2.37. The van der Waals surface area contributed by atoms with Crippen molar-refractivity contribution in [1.29, 1.82) is 0 Å². The summed E-state index contributed by atoms with van der Waals surface area (Å²) in [5.41, 5.74) is 2.85. The first-order chi connectivity index (χ1) is 17.4. The van der Waals surface area contributed by atoms with Crippen molar-refractivity contribution in [2.45, 2.75) is 20.5 Å². The molecule has 0 spiro atoms. The number of carbonyl (C=O) groups excluding carboxylic acids is 4. The summed E-state index contributed by atoms with van der Waals surface area (Å²) in [5.74, 6) is -1.63. The van der Waals surface area contributed by atoms with Crippen LogP contribution >= 0.6 is 0 Å². The summed E-state index contributed by atoms with van der Waals surface area (Å²) in [6, 6.07) is 19.8. The number of aryl methyl sites for hydroxylation is 1. The van der Waals surface area contributed by atoms with Crippen LogP contribution in [0.15, 0.2) is 78.4 Å². The Balaban J connectivity index is 1.60. The molecule has 4 rings (SSSR count). The fraction of sp³-hybridized carbons (Fsp3) is 0.143. The van der Waals surface area contributed by atoms with Gasteiger partial charge in [-0.15, -0.1) is 0 Å². The first kappa shape index (κ1) is 24.4. The molecule has 182 valence electrons. The lowest BCUT2D eigenvalue weighted by atomic mass is 10.1. The second-order valence-corrected chi connectivity index (χ2v) is 8.04. The van der Waals surface area contributed by atoms with Crippen LogP contribution in [0.25, 0.3) is 6.08 Å². The normalized spacial score (nSPS) is 14.6. The molecule has 0 unspecified atom stereocenters. The van der Waals surface area contributed by atoms with Crippen molar-refractivity contribution in [2.75, 3.05) is 11.5 Å². The second-order valence-electron chi connectivity index (χ2n) is 8.04. The molecule has 3 aromatic rings. The average molecular weight is 485 g/mol. The first-order valence-electron chi connectivity index (χ1n) is 11.3. The van der Waals surface area contributed by atoms with E-state index in [9.17, 15) is 19.2 Å². The van der Waals surface area contributed by atoms with Crippen LogP contribution in [0.2, 0.25) is 0 Å². The van der Waals surface area contributed by atoms with Crippen molar-refractivity contribution in [1.82, 2.24) is 5.32 Å². The first-order valence-corrected chi connectivity index (χ1v) is 11.3. The predicted molar refractivity (Wildman–Crippen MR) is 133 cm³/mol. The van der Waals surface area contributed by atoms with Gasteiger partial charge in [-0.1, -0.05) is 48.0 Å². The number of imide groups is 2. The number of barbiturate groups is 1. The van der Waals surface area contributed by atoms with Gasteiger partial charge in [-0.05, 0) is 55.8 Å². The van der Waals surface area contributed by atoms with Gasteiger partial charge >= 0.3 is 12.0 Å². The van der Waals surface area contributed by atoms with Crippen molar-refractivity contribution < 1.29 is 28.7 Å². The molecule has 1 aliphatic heterocycles. The molecular weight excluding hydrogens is 460 g/mol. The summed E-state index contributed by atoms with van der Waals surface area (Å²) >= 11 is 0. The molecule has 0 saturated carbocycles. The van der Waals surface area contributed by atoms with E-state index >= 15 is 0 Å². The Morgan fingerprint density at radius 3 is 2.44 bits per heavy atom. The summed E-state index contributed by atoms with van der Waals surface area (Å²) < 4.78 is 10.9. The minimum Gasteiger partial charge on any atom is -0.488 e. The van der Waals surface area contributed by atoms with Gasteiger partial charge in [0, 0.05) is 5.56 Å². The van der Waals surface area contributed by atoms with Gasteiger partial charge in [-0.3, -0.25) is 14.9 Å². The van der Waals surface area contributed by atoms with E-state index in [0.717, 1.165) is 16.0 Å². The number of para-hydroxylation sites is 1. The Hall–Kier alpha value is -4.72. The lowest BCUT2D eigenvalue weighted by Gasteiger charge is -2.26. The van der Waals surface area contributed by atoms with E-state index in [1.54, 1.807) is 31.2 Å². The van der Waals surface area contributed by atoms with E-state index in [-0.39, 0.29) is 23.4 Å². The molecule has 1 fully saturated rings. The summed E-state index contributed by atoms with van der Waals surface area (Å²) in [7, 11) is 0. The topological polar surface area (TPSA) is 102 Å². The van der Waals surface area contributed by atoms with Crippen LogP contribution in [-0.2, 0) is 20.9 Å². The average Bonchev–Trinajstić information content (AvgIpc) is 2.86. The number of urea groups is 1. The summed E-state index contributed by atoms with van der Waals surface area (Å²) in [6.45, 7) is 4.21. The SMILES string of the molecule is CCOC(=O)c1ccc(N2C(=O)NC(=O)/C(=C\c3ccccc3OCc3cccc(C)c3)C2=O)cc1. The summed E-state index contributed by atoms with van der Waals surface area (Å²) in [6.07, 6.45) is 1.40. The van der Waals surface area contributed by atoms with E-state index in [4.69, 9.17) is 9.47 Å². The highest BCUT2D eigenvalue weighted by molar-refractivity contribution is 6.39. The number of anilines is 1. The maximum atomic E-state index is 13.2. The highest BCUT2D eigenvalue weighted by atomic mass is 16.5. The van der Waals surface area contributed by atoms with E-state index in [0.29, 0.717) is 17.9 Å². The maximum Gasteiger partial charge on any atom is 0.338 e. The fourth-order valence-electron chi connectivity index (χ4n) is 3.70. The monoisotopic (exact) mass is 484 g/mol. The lowest BCUT2D eigenvalue weighted by molar-refractivity contribution is -0.122. The Kier molecular flexibility index (Phi) is 7.25. The second kappa shape index (κ2) is 10.7. The van der Waals surface area contributed by atoms with Gasteiger partial charge in [0.2, 0.25) is 0 Å². The van der Waals surface area contributed by atoms with Crippen LogP contribution in [0.4, 0.5) is 10.5 Å². The van der Waals surface area contributed by atoms with Crippen molar-refractivity contribution in [3.8, 4) is 5.75 Å². The molecule has 1 saturated heterocycles. The number of carbonyl (C=O) groups is 4. The Labute approximate surface area is 208 Å². The zero-order chi connectivity index (χ0) is 25.7. The molecule has 0 atom stereocenters. The predicted octanol–water partition coefficient (Wildman–Crippen LogP) is 4.42. The Bertz CT molecular complexity index is 1360. The number of ether oxygens (including phenoxy) is 2. The molecule has 0 bridgehead atoms. The third-order valence-corrected chi connectivity index (χ3v) is 5.43. The van der Waals surface area contributed by atoms with Crippen LogP contribution in [0, 0.1) is 6.92 Å². The summed E-state index contributed by atoms with van der Waals surface area (Å²) in [4.78, 5) is 51.1. The Morgan fingerprint density at radius 1 is 0.972 bits per heavy atom. The Morgan fingerprint density at radius 2 is 1.72 bits per heavy atom.